The fourth-order valence-electron chi connectivity index (χ4n) is 2.49. The van der Waals surface area contributed by atoms with Gasteiger partial charge < -0.3 is 24.8 Å². The van der Waals surface area contributed by atoms with Gasteiger partial charge in [0, 0.05) is 18.0 Å². The molecule has 136 valence electrons. The van der Waals surface area contributed by atoms with Gasteiger partial charge in [0.05, 0.1) is 39.0 Å². The van der Waals surface area contributed by atoms with Crippen molar-refractivity contribution in [3.8, 4) is 22.6 Å². The third-order valence-electron chi connectivity index (χ3n) is 4.22. The number of ether oxygens (including phenoxy) is 2. The van der Waals surface area contributed by atoms with Crippen LogP contribution in [0.1, 0.15) is 18.9 Å². The number of benzene rings is 1. The van der Waals surface area contributed by atoms with Crippen LogP contribution in [0, 0.1) is 0 Å². The van der Waals surface area contributed by atoms with Crippen LogP contribution in [0.5, 0.6) is 11.5 Å². The van der Waals surface area contributed by atoms with Gasteiger partial charge in [-0.2, -0.15) is 0 Å². The Bertz CT molecular complexity index is 677. The summed E-state index contributed by atoms with van der Waals surface area (Å²) < 4.78 is 11.1. The quantitative estimate of drug-likeness (QED) is 0.640. The van der Waals surface area contributed by atoms with Gasteiger partial charge in [-0.15, -0.1) is 0 Å². The first kappa shape index (κ1) is 19.2. The number of hydrogen-bond donors (Lipinski definition) is 3. The van der Waals surface area contributed by atoms with Crippen LogP contribution in [0.3, 0.4) is 0 Å². The van der Waals surface area contributed by atoms with E-state index in [2.05, 4.69) is 4.98 Å². The van der Waals surface area contributed by atoms with Crippen molar-refractivity contribution >= 4 is 0 Å². The largest absolute Gasteiger partial charge is 0.493 e. The van der Waals surface area contributed by atoms with Crippen molar-refractivity contribution in [2.45, 2.75) is 18.8 Å². The third-order valence-corrected chi connectivity index (χ3v) is 4.22. The second-order valence-corrected chi connectivity index (χ2v) is 5.93. The summed E-state index contributed by atoms with van der Waals surface area (Å²) in [6.07, 6.45) is 4.12. The van der Waals surface area contributed by atoms with Gasteiger partial charge in [-0.25, -0.2) is 0 Å². The molecule has 0 radical (unpaired) electrons. The van der Waals surface area contributed by atoms with E-state index in [1.807, 2.05) is 25.1 Å². The number of methoxy groups -OCH3 is 1. The van der Waals surface area contributed by atoms with Crippen molar-refractivity contribution in [3.63, 3.8) is 0 Å². The predicted molar refractivity (Wildman–Crippen MR) is 94.9 cm³/mol. The van der Waals surface area contributed by atoms with Crippen molar-refractivity contribution in [2.75, 3.05) is 33.5 Å². The molecule has 0 spiro atoms. The van der Waals surface area contributed by atoms with Gasteiger partial charge in [0.1, 0.15) is 0 Å². The fourth-order valence-corrected chi connectivity index (χ4v) is 2.49. The van der Waals surface area contributed by atoms with Crippen LogP contribution in [0.15, 0.2) is 36.7 Å². The summed E-state index contributed by atoms with van der Waals surface area (Å²) in [6.45, 7) is 1.48. The van der Waals surface area contributed by atoms with Crippen molar-refractivity contribution in [1.29, 1.82) is 0 Å². The standard InChI is InChI=1S/C19H25NO5/c1-3-6-25-18-8-14(4-5-17(18)24-2)15-7-16(10-20-9-15)19(11-21,12-22)13-23/h4-5,7-10,21-23H,3,6,11-13H2,1-2H3. The summed E-state index contributed by atoms with van der Waals surface area (Å²) in [5.41, 5.74) is 1.10. The van der Waals surface area contributed by atoms with Crippen LogP contribution in [-0.4, -0.2) is 53.8 Å². The van der Waals surface area contributed by atoms with Crippen molar-refractivity contribution in [3.05, 3.63) is 42.2 Å². The Balaban J connectivity index is 2.43. The molecule has 0 fully saturated rings. The molecular formula is C19H25NO5. The molecule has 1 heterocycles. The zero-order valence-corrected chi connectivity index (χ0v) is 14.6. The highest BCUT2D eigenvalue weighted by atomic mass is 16.5. The minimum atomic E-state index is -1.13. The van der Waals surface area contributed by atoms with E-state index in [0.717, 1.165) is 17.5 Å². The minimum absolute atomic E-state index is 0.376. The van der Waals surface area contributed by atoms with Crippen LogP contribution in [0.2, 0.25) is 0 Å². The molecule has 0 amide bonds. The highest BCUT2D eigenvalue weighted by Crippen LogP contribution is 2.34. The molecule has 0 aliphatic heterocycles. The maximum absolute atomic E-state index is 9.62. The summed E-state index contributed by atoms with van der Waals surface area (Å²) in [5.74, 6) is 1.29. The lowest BCUT2D eigenvalue weighted by atomic mass is 9.83. The molecule has 0 atom stereocenters. The molecule has 25 heavy (non-hydrogen) atoms. The van der Waals surface area contributed by atoms with E-state index in [9.17, 15) is 15.3 Å². The number of aliphatic hydroxyl groups excluding tert-OH is 3. The van der Waals surface area contributed by atoms with E-state index in [1.54, 1.807) is 25.6 Å². The zero-order chi connectivity index (χ0) is 18.3. The van der Waals surface area contributed by atoms with E-state index in [0.29, 0.717) is 23.7 Å². The Hall–Kier alpha value is -2.15. The van der Waals surface area contributed by atoms with Crippen LogP contribution in [-0.2, 0) is 5.41 Å². The molecule has 2 aromatic rings. The minimum Gasteiger partial charge on any atom is -0.493 e. The molecule has 2 rings (SSSR count). The second-order valence-electron chi connectivity index (χ2n) is 5.93. The van der Waals surface area contributed by atoms with Gasteiger partial charge >= 0.3 is 0 Å². The normalized spacial score (nSPS) is 11.4. The van der Waals surface area contributed by atoms with Gasteiger partial charge in [-0.05, 0) is 35.7 Å². The summed E-state index contributed by atoms with van der Waals surface area (Å²) in [6, 6.07) is 7.39. The Labute approximate surface area is 147 Å². The molecule has 0 unspecified atom stereocenters. The highest BCUT2D eigenvalue weighted by molar-refractivity contribution is 5.67. The van der Waals surface area contributed by atoms with E-state index >= 15 is 0 Å². The smallest absolute Gasteiger partial charge is 0.161 e. The van der Waals surface area contributed by atoms with Crippen LogP contribution < -0.4 is 9.47 Å². The number of pyridine rings is 1. The van der Waals surface area contributed by atoms with Crippen molar-refractivity contribution < 1.29 is 24.8 Å². The molecule has 6 heteroatoms. The summed E-state index contributed by atoms with van der Waals surface area (Å²) in [7, 11) is 1.59. The maximum Gasteiger partial charge on any atom is 0.161 e. The van der Waals surface area contributed by atoms with Crippen LogP contribution >= 0.6 is 0 Å². The number of aliphatic hydroxyl groups is 3. The highest BCUT2D eigenvalue weighted by Gasteiger charge is 2.31. The number of rotatable bonds is 9. The third kappa shape index (κ3) is 4.10. The second kappa shape index (κ2) is 8.80. The van der Waals surface area contributed by atoms with Gasteiger partial charge in [0.25, 0.3) is 0 Å². The Morgan fingerprint density at radius 3 is 2.28 bits per heavy atom. The molecule has 0 bridgehead atoms. The summed E-state index contributed by atoms with van der Waals surface area (Å²) >= 11 is 0. The average Bonchev–Trinajstić information content (AvgIpc) is 2.68. The van der Waals surface area contributed by atoms with Crippen LogP contribution in [0.25, 0.3) is 11.1 Å². The lowest BCUT2D eigenvalue weighted by molar-refractivity contribution is 0.0639. The molecule has 0 aliphatic carbocycles. The Morgan fingerprint density at radius 1 is 0.960 bits per heavy atom. The summed E-state index contributed by atoms with van der Waals surface area (Å²) in [4.78, 5) is 4.20. The SMILES string of the molecule is CCCOc1cc(-c2cncc(C(CO)(CO)CO)c2)ccc1OC. The zero-order valence-electron chi connectivity index (χ0n) is 14.6. The lowest BCUT2D eigenvalue weighted by Gasteiger charge is -2.27. The number of hydrogen-bond acceptors (Lipinski definition) is 6. The predicted octanol–water partition coefficient (Wildman–Crippen LogP) is 1.76. The average molecular weight is 347 g/mol. The topological polar surface area (TPSA) is 92.0 Å². The van der Waals surface area contributed by atoms with E-state index in [4.69, 9.17) is 9.47 Å². The maximum atomic E-state index is 9.62. The molecule has 0 saturated heterocycles. The molecular weight excluding hydrogens is 322 g/mol. The first-order valence-electron chi connectivity index (χ1n) is 8.23. The molecule has 0 aliphatic rings. The van der Waals surface area contributed by atoms with Gasteiger partial charge in [0.2, 0.25) is 0 Å². The van der Waals surface area contributed by atoms with E-state index in [1.165, 1.54) is 0 Å². The number of aromatic nitrogens is 1. The summed E-state index contributed by atoms with van der Waals surface area (Å²) in [5, 5.41) is 28.8. The number of nitrogens with zero attached hydrogens (tertiary/aromatic N) is 1. The Kier molecular flexibility index (Phi) is 6.75. The van der Waals surface area contributed by atoms with E-state index in [-0.39, 0.29) is 19.8 Å². The lowest BCUT2D eigenvalue weighted by Crippen LogP contribution is -2.38. The first-order chi connectivity index (χ1) is 12.1. The molecule has 3 N–H and O–H groups in total. The van der Waals surface area contributed by atoms with E-state index < -0.39 is 5.41 Å². The first-order valence-corrected chi connectivity index (χ1v) is 8.23. The van der Waals surface area contributed by atoms with Crippen LogP contribution in [0.4, 0.5) is 0 Å². The molecule has 1 aromatic heterocycles. The fraction of sp³-hybridized carbons (Fsp3) is 0.421. The van der Waals surface area contributed by atoms with Gasteiger partial charge in [-0.3, -0.25) is 4.98 Å². The molecule has 1 aromatic carbocycles. The van der Waals surface area contributed by atoms with Gasteiger partial charge in [-0.1, -0.05) is 13.0 Å². The van der Waals surface area contributed by atoms with Crippen molar-refractivity contribution in [1.82, 2.24) is 4.98 Å². The monoisotopic (exact) mass is 347 g/mol. The Morgan fingerprint density at radius 2 is 1.68 bits per heavy atom. The van der Waals surface area contributed by atoms with Crippen molar-refractivity contribution in [2.24, 2.45) is 0 Å². The molecule has 6 nitrogen and oxygen atoms in total. The molecule has 0 saturated carbocycles. The van der Waals surface area contributed by atoms with Gasteiger partial charge in [0.15, 0.2) is 11.5 Å².